The highest BCUT2D eigenvalue weighted by Gasteiger charge is 2.36. The minimum atomic E-state index is -0.175. The average molecular weight is 390 g/mol. The lowest BCUT2D eigenvalue weighted by atomic mass is 9.88. The summed E-state index contributed by atoms with van der Waals surface area (Å²) in [7, 11) is 0. The Hall–Kier alpha value is -1.76. The van der Waals surface area contributed by atoms with E-state index in [2.05, 4.69) is 5.32 Å². The van der Waals surface area contributed by atoms with E-state index in [9.17, 15) is 9.18 Å². The minimum Gasteiger partial charge on any atom is -0.370 e. The fourth-order valence-corrected chi connectivity index (χ4v) is 5.73. The number of benzene rings is 1. The average Bonchev–Trinajstić information content (AvgIpc) is 3.02. The van der Waals surface area contributed by atoms with E-state index in [4.69, 9.17) is 4.74 Å². The van der Waals surface area contributed by atoms with Crippen LogP contribution in [0.3, 0.4) is 0 Å². The van der Waals surface area contributed by atoms with Crippen molar-refractivity contribution in [2.75, 3.05) is 31.6 Å². The van der Waals surface area contributed by atoms with Crippen molar-refractivity contribution in [3.8, 4) is 0 Å². The van der Waals surface area contributed by atoms with Gasteiger partial charge in [0.15, 0.2) is 0 Å². The zero-order valence-corrected chi connectivity index (χ0v) is 16.5. The predicted octanol–water partition coefficient (Wildman–Crippen LogP) is 2.73. The van der Waals surface area contributed by atoms with Crippen molar-refractivity contribution in [2.24, 2.45) is 0 Å². The number of rotatable bonds is 4. The topological polar surface area (TPSA) is 42.8 Å². The number of halogens is 1. The fourth-order valence-electron chi connectivity index (χ4n) is 4.36. The molecule has 0 unspecified atom stereocenters. The van der Waals surface area contributed by atoms with Crippen LogP contribution in [-0.2, 0) is 22.4 Å². The zero-order chi connectivity index (χ0) is 18.8. The Balaban J connectivity index is 1.87. The number of aryl methyl sites for hydroxylation is 1. The molecule has 27 heavy (non-hydrogen) atoms. The molecule has 0 saturated carbocycles. The molecule has 6 heteroatoms. The Morgan fingerprint density at radius 2 is 1.96 bits per heavy atom. The Labute approximate surface area is 163 Å². The third-order valence-corrected chi connectivity index (χ3v) is 6.77. The molecule has 144 valence electrons. The predicted molar refractivity (Wildman–Crippen MR) is 105 cm³/mol. The van der Waals surface area contributed by atoms with Crippen LogP contribution in [0.5, 0.6) is 0 Å². The maximum Gasteiger partial charge on any atom is 0.221 e. The van der Waals surface area contributed by atoms with Crippen LogP contribution in [0.4, 0.5) is 9.39 Å². The molecule has 2 aliphatic rings. The first-order valence-corrected chi connectivity index (χ1v) is 10.6. The molecule has 0 spiro atoms. The van der Waals surface area contributed by atoms with Crippen LogP contribution in [0.2, 0.25) is 0 Å². The maximum atomic E-state index is 14.9. The van der Waals surface area contributed by atoms with Gasteiger partial charge in [0.2, 0.25) is 5.91 Å². The van der Waals surface area contributed by atoms with Crippen molar-refractivity contribution < 1.29 is 18.8 Å². The second-order valence-corrected chi connectivity index (χ2v) is 8.47. The molecule has 1 aromatic carbocycles. The number of morpholine rings is 1. The molecule has 1 aliphatic carbocycles. The highest BCUT2D eigenvalue weighted by Crippen LogP contribution is 2.42. The van der Waals surface area contributed by atoms with E-state index < -0.39 is 0 Å². The van der Waals surface area contributed by atoms with Gasteiger partial charge in [0.25, 0.3) is 0 Å². The number of carbonyl (C=O) groups excluding carboxylic acids is 1. The molecule has 0 bridgehead atoms. The fraction of sp³-hybridized carbons (Fsp3) is 0.476. The first-order valence-electron chi connectivity index (χ1n) is 9.74. The minimum absolute atomic E-state index is 0.0703. The summed E-state index contributed by atoms with van der Waals surface area (Å²) in [6, 6.07) is 6.96. The summed E-state index contributed by atoms with van der Waals surface area (Å²) in [4.78, 5) is 14.5. The van der Waals surface area contributed by atoms with Crippen molar-refractivity contribution in [2.45, 2.75) is 38.6 Å². The Morgan fingerprint density at radius 3 is 2.70 bits per heavy atom. The summed E-state index contributed by atoms with van der Waals surface area (Å²) in [5.74, 6) is -0.245. The molecular formula is C21H26FN2O2S+. The standard InChI is InChI=1S/C21H25FN2O2S/c1-14(25)23-21-19(16-7-3-5-9-18(16)27-21)20(24-10-12-26-13-11-24)15-6-2-4-8-17(15)22/h2,4,6,8,20H,3,5,7,9-13H2,1H3,(H,23,25)/p+1/t20-/m1/s1. The second-order valence-electron chi connectivity index (χ2n) is 7.36. The van der Waals surface area contributed by atoms with Gasteiger partial charge < -0.3 is 15.0 Å². The largest absolute Gasteiger partial charge is 0.370 e. The molecule has 2 heterocycles. The van der Waals surface area contributed by atoms with Crippen LogP contribution < -0.4 is 10.2 Å². The van der Waals surface area contributed by atoms with E-state index in [1.54, 1.807) is 30.4 Å². The maximum absolute atomic E-state index is 14.9. The summed E-state index contributed by atoms with van der Waals surface area (Å²) in [6.45, 7) is 4.58. The number of hydrogen-bond acceptors (Lipinski definition) is 3. The monoisotopic (exact) mass is 389 g/mol. The van der Waals surface area contributed by atoms with Gasteiger partial charge in [0, 0.05) is 17.4 Å². The third kappa shape index (κ3) is 3.79. The number of hydrogen-bond donors (Lipinski definition) is 2. The van der Waals surface area contributed by atoms with Crippen molar-refractivity contribution in [3.05, 3.63) is 51.7 Å². The Morgan fingerprint density at radius 1 is 1.22 bits per heavy atom. The molecule has 1 aromatic heterocycles. The first-order chi connectivity index (χ1) is 13.1. The van der Waals surface area contributed by atoms with E-state index in [1.165, 1.54) is 21.8 Å². The highest BCUT2D eigenvalue weighted by molar-refractivity contribution is 7.16. The first kappa shape index (κ1) is 18.6. The summed E-state index contributed by atoms with van der Waals surface area (Å²) in [5.41, 5.74) is 3.18. The third-order valence-electron chi connectivity index (χ3n) is 5.55. The molecule has 4 rings (SSSR count). The van der Waals surface area contributed by atoms with E-state index >= 15 is 0 Å². The molecule has 1 saturated heterocycles. The van der Waals surface area contributed by atoms with Crippen LogP contribution >= 0.6 is 11.3 Å². The molecule has 1 amide bonds. The summed E-state index contributed by atoms with van der Waals surface area (Å²) in [6.07, 6.45) is 4.39. The number of fused-ring (bicyclic) bond motifs is 1. The molecule has 2 aromatic rings. The van der Waals surface area contributed by atoms with Crippen molar-refractivity contribution in [3.63, 3.8) is 0 Å². The van der Waals surface area contributed by atoms with Gasteiger partial charge in [-0.1, -0.05) is 12.1 Å². The van der Waals surface area contributed by atoms with Crippen molar-refractivity contribution >= 4 is 22.2 Å². The SMILES string of the molecule is CC(=O)Nc1sc2c(c1[C@@H](c1ccccc1F)[NH+]1CCOCC1)CCCC2. The molecule has 0 radical (unpaired) electrons. The Kier molecular flexibility index (Phi) is 5.57. The van der Waals surface area contributed by atoms with Crippen LogP contribution in [0.15, 0.2) is 24.3 Å². The van der Waals surface area contributed by atoms with Gasteiger partial charge in [-0.2, -0.15) is 0 Å². The van der Waals surface area contributed by atoms with Crippen LogP contribution in [0.1, 0.15) is 47.4 Å². The number of thiophene rings is 1. The van der Waals surface area contributed by atoms with E-state index in [0.717, 1.165) is 42.9 Å². The second kappa shape index (κ2) is 8.09. The molecular weight excluding hydrogens is 363 g/mol. The van der Waals surface area contributed by atoms with Crippen molar-refractivity contribution in [1.82, 2.24) is 0 Å². The number of ether oxygens (including phenoxy) is 1. The molecule has 1 aliphatic heterocycles. The molecule has 4 nitrogen and oxygen atoms in total. The number of nitrogens with one attached hydrogen (secondary N) is 2. The molecule has 1 fully saturated rings. The smallest absolute Gasteiger partial charge is 0.221 e. The summed E-state index contributed by atoms with van der Waals surface area (Å²) in [5, 5.41) is 3.96. The van der Waals surface area contributed by atoms with Gasteiger partial charge in [-0.05, 0) is 43.4 Å². The normalized spacial score (nSPS) is 18.7. The number of amides is 1. The molecule has 1 atom stereocenters. The number of carbonyl (C=O) groups is 1. The van der Waals surface area contributed by atoms with Gasteiger partial charge in [0.1, 0.15) is 29.9 Å². The lowest BCUT2D eigenvalue weighted by Gasteiger charge is -2.33. The van der Waals surface area contributed by atoms with E-state index in [0.29, 0.717) is 18.8 Å². The lowest BCUT2D eigenvalue weighted by molar-refractivity contribution is -0.933. The Bertz CT molecular complexity index is 830. The van der Waals surface area contributed by atoms with Gasteiger partial charge in [-0.3, -0.25) is 4.79 Å². The van der Waals surface area contributed by atoms with Crippen LogP contribution in [0.25, 0.3) is 0 Å². The quantitative estimate of drug-likeness (QED) is 0.844. The number of anilines is 1. The van der Waals surface area contributed by atoms with Crippen LogP contribution in [0, 0.1) is 5.82 Å². The van der Waals surface area contributed by atoms with Gasteiger partial charge in [-0.15, -0.1) is 11.3 Å². The zero-order valence-electron chi connectivity index (χ0n) is 15.6. The van der Waals surface area contributed by atoms with E-state index in [-0.39, 0.29) is 17.8 Å². The summed E-state index contributed by atoms with van der Waals surface area (Å²) >= 11 is 1.68. The van der Waals surface area contributed by atoms with E-state index in [1.807, 2.05) is 12.1 Å². The van der Waals surface area contributed by atoms with Gasteiger partial charge >= 0.3 is 0 Å². The van der Waals surface area contributed by atoms with Gasteiger partial charge in [-0.25, -0.2) is 4.39 Å². The van der Waals surface area contributed by atoms with Gasteiger partial charge in [0.05, 0.1) is 18.8 Å². The lowest BCUT2D eigenvalue weighted by Crippen LogP contribution is -3.14. The highest BCUT2D eigenvalue weighted by atomic mass is 32.1. The van der Waals surface area contributed by atoms with Crippen LogP contribution in [-0.4, -0.2) is 32.2 Å². The summed E-state index contributed by atoms with van der Waals surface area (Å²) < 4.78 is 20.4. The molecule has 2 N–H and O–H groups in total. The van der Waals surface area contributed by atoms with Crippen molar-refractivity contribution in [1.29, 1.82) is 0 Å². The number of quaternary nitrogens is 1.